The molecule has 0 radical (unpaired) electrons. The highest BCUT2D eigenvalue weighted by molar-refractivity contribution is 9.10. The first-order chi connectivity index (χ1) is 15.8. The summed E-state index contributed by atoms with van der Waals surface area (Å²) in [7, 11) is 0. The molecular formula is C24H22BrClN4O3. The van der Waals surface area contributed by atoms with Gasteiger partial charge in [-0.05, 0) is 50.1 Å². The van der Waals surface area contributed by atoms with E-state index in [0.717, 1.165) is 26.9 Å². The van der Waals surface area contributed by atoms with Gasteiger partial charge in [-0.25, -0.2) is 0 Å². The quantitative estimate of drug-likeness (QED) is 0.313. The van der Waals surface area contributed by atoms with Crippen molar-refractivity contribution in [1.82, 2.24) is 14.9 Å². The van der Waals surface area contributed by atoms with Crippen LogP contribution in [0.25, 0.3) is 0 Å². The monoisotopic (exact) mass is 528 g/mol. The molecule has 7 nitrogen and oxygen atoms in total. The number of nitrogens with one attached hydrogen (secondary N) is 1. The molecule has 0 aliphatic rings. The van der Waals surface area contributed by atoms with Crippen LogP contribution >= 0.6 is 27.5 Å². The van der Waals surface area contributed by atoms with Crippen molar-refractivity contribution in [3.8, 4) is 5.75 Å². The van der Waals surface area contributed by atoms with Gasteiger partial charge in [0.2, 0.25) is 0 Å². The molecule has 33 heavy (non-hydrogen) atoms. The second-order valence-corrected chi connectivity index (χ2v) is 9.05. The average molecular weight is 530 g/mol. The summed E-state index contributed by atoms with van der Waals surface area (Å²) in [5.74, 6) is 1.03. The Kier molecular flexibility index (Phi) is 6.85. The number of carbonyl (C=O) groups is 1. The van der Waals surface area contributed by atoms with Gasteiger partial charge in [-0.3, -0.25) is 9.48 Å². The molecule has 4 rings (SSSR count). The van der Waals surface area contributed by atoms with Crippen molar-refractivity contribution in [3.05, 3.63) is 91.9 Å². The third-order valence-corrected chi connectivity index (χ3v) is 5.91. The number of nitrogens with zero attached hydrogens (tertiary/aromatic N) is 3. The summed E-state index contributed by atoms with van der Waals surface area (Å²) in [6.45, 7) is 6.40. The van der Waals surface area contributed by atoms with E-state index < -0.39 is 5.91 Å². The van der Waals surface area contributed by atoms with Gasteiger partial charge < -0.3 is 14.6 Å². The summed E-state index contributed by atoms with van der Waals surface area (Å²) in [4.78, 5) is 12.9. The van der Waals surface area contributed by atoms with E-state index in [1.54, 1.807) is 17.8 Å². The fourth-order valence-corrected chi connectivity index (χ4v) is 3.82. The third-order valence-electron chi connectivity index (χ3n) is 5.11. The molecule has 2 aromatic heterocycles. The van der Waals surface area contributed by atoms with Gasteiger partial charge in [0.15, 0.2) is 11.5 Å². The molecule has 0 aliphatic carbocycles. The number of carbonyl (C=O) groups excluding carboxylic acids is 1. The Labute approximate surface area is 204 Å². The minimum absolute atomic E-state index is 0.135. The number of ether oxygens (including phenoxy) is 1. The molecule has 1 amide bonds. The Hall–Kier alpha value is -3.10. The number of benzene rings is 2. The van der Waals surface area contributed by atoms with Crippen LogP contribution in [-0.2, 0) is 13.2 Å². The second kappa shape index (κ2) is 9.80. The number of anilines is 1. The number of hydrogen-bond acceptors (Lipinski definition) is 5. The summed E-state index contributed by atoms with van der Waals surface area (Å²) < 4.78 is 13.9. The van der Waals surface area contributed by atoms with Crippen molar-refractivity contribution in [3.63, 3.8) is 0 Å². The van der Waals surface area contributed by atoms with E-state index in [0.29, 0.717) is 22.9 Å². The Bertz CT molecular complexity index is 1300. The van der Waals surface area contributed by atoms with Crippen molar-refractivity contribution < 1.29 is 14.1 Å². The molecule has 0 bridgehead atoms. The number of aromatic nitrogens is 3. The van der Waals surface area contributed by atoms with Crippen LogP contribution in [0.15, 0.2) is 57.7 Å². The predicted molar refractivity (Wildman–Crippen MR) is 130 cm³/mol. The molecule has 4 aromatic rings. The summed E-state index contributed by atoms with van der Waals surface area (Å²) in [5, 5.41) is 11.4. The molecule has 9 heteroatoms. The van der Waals surface area contributed by atoms with Gasteiger partial charge in [0.25, 0.3) is 5.91 Å². The predicted octanol–water partition coefficient (Wildman–Crippen LogP) is 6.09. The molecule has 0 atom stereocenters. The van der Waals surface area contributed by atoms with E-state index in [2.05, 4.69) is 31.5 Å². The van der Waals surface area contributed by atoms with Crippen molar-refractivity contribution in [1.29, 1.82) is 0 Å². The van der Waals surface area contributed by atoms with Crippen molar-refractivity contribution in [2.24, 2.45) is 0 Å². The molecule has 0 spiro atoms. The molecule has 1 N–H and O–H groups in total. The summed E-state index contributed by atoms with van der Waals surface area (Å²) >= 11 is 9.73. The van der Waals surface area contributed by atoms with Crippen molar-refractivity contribution in [2.45, 2.75) is 33.9 Å². The van der Waals surface area contributed by atoms with E-state index in [4.69, 9.17) is 20.9 Å². The molecule has 0 aliphatic heterocycles. The Morgan fingerprint density at radius 1 is 1.18 bits per heavy atom. The lowest BCUT2D eigenvalue weighted by molar-refractivity contribution is 0.101. The minimum atomic E-state index is -0.470. The summed E-state index contributed by atoms with van der Waals surface area (Å²) in [6, 6.07) is 13.8. The molecule has 0 fully saturated rings. The lowest BCUT2D eigenvalue weighted by Gasteiger charge is -2.10. The number of rotatable bonds is 7. The molecule has 2 heterocycles. The minimum Gasteiger partial charge on any atom is -0.488 e. The molecule has 170 valence electrons. The third kappa shape index (κ3) is 5.46. The van der Waals surface area contributed by atoms with Gasteiger partial charge >= 0.3 is 0 Å². The first kappa shape index (κ1) is 23.1. The van der Waals surface area contributed by atoms with Gasteiger partial charge in [0.05, 0.1) is 12.1 Å². The van der Waals surface area contributed by atoms with Crippen LogP contribution in [0.2, 0.25) is 5.02 Å². The van der Waals surface area contributed by atoms with Crippen LogP contribution in [0.4, 0.5) is 5.82 Å². The van der Waals surface area contributed by atoms with E-state index in [-0.39, 0.29) is 18.1 Å². The maximum atomic E-state index is 12.9. The summed E-state index contributed by atoms with van der Waals surface area (Å²) in [6.07, 6.45) is 1.66. The number of halogens is 2. The van der Waals surface area contributed by atoms with Crippen LogP contribution in [0.1, 0.15) is 38.5 Å². The first-order valence-corrected chi connectivity index (χ1v) is 11.4. The number of amides is 1. The maximum Gasteiger partial charge on any atom is 0.279 e. The van der Waals surface area contributed by atoms with Crippen molar-refractivity contribution >= 4 is 39.3 Å². The molecule has 0 saturated heterocycles. The maximum absolute atomic E-state index is 12.9. The Morgan fingerprint density at radius 2 is 1.94 bits per heavy atom. The zero-order valence-corrected chi connectivity index (χ0v) is 20.7. The number of aryl methyl sites for hydroxylation is 3. The largest absolute Gasteiger partial charge is 0.488 e. The molecular weight excluding hydrogens is 508 g/mol. The highest BCUT2D eigenvalue weighted by Crippen LogP contribution is 2.24. The standard InChI is InChI=1S/C24H22BrClN4O3/c1-14-4-9-21(15(2)10-14)32-13-19-16(3)33-29-22(19)24(31)27-23-20(26)12-30(28-23)11-17-5-7-18(25)8-6-17/h4-10,12H,11,13H2,1-3H3,(H,27,28,31). The van der Waals surface area contributed by atoms with E-state index >= 15 is 0 Å². The van der Waals surface area contributed by atoms with Gasteiger partial charge in [-0.15, -0.1) is 0 Å². The molecule has 2 aromatic carbocycles. The Morgan fingerprint density at radius 3 is 2.67 bits per heavy atom. The van der Waals surface area contributed by atoms with Gasteiger partial charge in [0.1, 0.15) is 23.1 Å². The SMILES string of the molecule is Cc1ccc(OCc2c(C(=O)Nc3nn(Cc4ccc(Br)cc4)cc3Cl)noc2C)c(C)c1. The topological polar surface area (TPSA) is 82.2 Å². The van der Waals surface area contributed by atoms with Crippen LogP contribution in [0, 0.1) is 20.8 Å². The van der Waals surface area contributed by atoms with E-state index in [9.17, 15) is 4.79 Å². The van der Waals surface area contributed by atoms with Crippen LogP contribution < -0.4 is 10.1 Å². The average Bonchev–Trinajstić information content (AvgIpc) is 3.31. The Balaban J connectivity index is 1.47. The smallest absolute Gasteiger partial charge is 0.279 e. The van der Waals surface area contributed by atoms with E-state index in [1.165, 1.54) is 0 Å². The highest BCUT2D eigenvalue weighted by Gasteiger charge is 2.22. The van der Waals surface area contributed by atoms with Gasteiger partial charge in [-0.1, -0.05) is 62.5 Å². The second-order valence-electron chi connectivity index (χ2n) is 7.73. The normalized spacial score (nSPS) is 10.9. The first-order valence-electron chi connectivity index (χ1n) is 10.2. The zero-order chi connectivity index (χ0) is 23.5. The van der Waals surface area contributed by atoms with Crippen LogP contribution in [0.3, 0.4) is 0 Å². The van der Waals surface area contributed by atoms with Gasteiger partial charge in [0, 0.05) is 10.7 Å². The number of hydrogen-bond donors (Lipinski definition) is 1. The van der Waals surface area contributed by atoms with Crippen LogP contribution in [-0.4, -0.2) is 20.8 Å². The van der Waals surface area contributed by atoms with Crippen molar-refractivity contribution in [2.75, 3.05) is 5.32 Å². The molecule has 0 saturated carbocycles. The van der Waals surface area contributed by atoms with Gasteiger partial charge in [-0.2, -0.15) is 5.10 Å². The zero-order valence-electron chi connectivity index (χ0n) is 18.4. The highest BCUT2D eigenvalue weighted by atomic mass is 79.9. The lowest BCUT2D eigenvalue weighted by atomic mass is 10.1. The fraction of sp³-hybridized carbons (Fsp3) is 0.208. The fourth-order valence-electron chi connectivity index (χ4n) is 3.36. The summed E-state index contributed by atoms with van der Waals surface area (Å²) in [5.41, 5.74) is 3.91. The van der Waals surface area contributed by atoms with Crippen LogP contribution in [0.5, 0.6) is 5.75 Å². The molecule has 0 unspecified atom stereocenters. The lowest BCUT2D eigenvalue weighted by Crippen LogP contribution is -2.16. The van der Waals surface area contributed by atoms with E-state index in [1.807, 2.05) is 56.3 Å².